The number of hydrogen-bond acceptors (Lipinski definition) is 2. The number of nitrogens with two attached hydrogens (primary N) is 1. The lowest BCUT2D eigenvalue weighted by Crippen LogP contribution is -2.15. The molecule has 3 nitrogen and oxygen atoms in total. The molecular formula is C13H17N3. The fourth-order valence-electron chi connectivity index (χ4n) is 1.72. The van der Waals surface area contributed by atoms with E-state index in [1.807, 2.05) is 32.0 Å². The smallest absolute Gasteiger partial charge is 0.123 e. The summed E-state index contributed by atoms with van der Waals surface area (Å²) in [7, 11) is 0. The first-order chi connectivity index (χ1) is 7.66. The molecule has 1 heterocycles. The largest absolute Gasteiger partial charge is 0.345 e. The Kier molecular flexibility index (Phi) is 3.06. The maximum Gasteiger partial charge on any atom is 0.123 e. The molecule has 16 heavy (non-hydrogen) atoms. The van der Waals surface area contributed by atoms with Gasteiger partial charge >= 0.3 is 0 Å². The van der Waals surface area contributed by atoms with Crippen molar-refractivity contribution in [1.82, 2.24) is 9.97 Å². The second-order valence-corrected chi connectivity index (χ2v) is 4.13. The van der Waals surface area contributed by atoms with Crippen molar-refractivity contribution in [3.05, 3.63) is 53.1 Å². The van der Waals surface area contributed by atoms with E-state index in [0.717, 1.165) is 23.6 Å². The molecule has 84 valence electrons. The van der Waals surface area contributed by atoms with Crippen molar-refractivity contribution in [2.45, 2.75) is 26.3 Å². The third kappa shape index (κ3) is 2.31. The zero-order chi connectivity index (χ0) is 11.5. The second-order valence-electron chi connectivity index (χ2n) is 4.13. The lowest BCUT2D eigenvalue weighted by molar-refractivity contribution is 0.675. The van der Waals surface area contributed by atoms with Crippen molar-refractivity contribution in [2.75, 3.05) is 0 Å². The van der Waals surface area contributed by atoms with E-state index in [1.54, 1.807) is 0 Å². The first-order valence-electron chi connectivity index (χ1n) is 5.49. The Labute approximate surface area is 95.7 Å². The standard InChI is InChI=1S/C13H17N3/c1-9-10(2)16-13(15-9)12(14)8-11-6-4-3-5-7-11/h3-7,12H,8,14H2,1-2H3,(H,15,16)/t12-/m0/s1. The van der Waals surface area contributed by atoms with Gasteiger partial charge in [0, 0.05) is 5.69 Å². The number of aromatic amines is 1. The van der Waals surface area contributed by atoms with Crippen molar-refractivity contribution in [1.29, 1.82) is 0 Å². The fraction of sp³-hybridized carbons (Fsp3) is 0.308. The summed E-state index contributed by atoms with van der Waals surface area (Å²) in [6, 6.07) is 10.2. The summed E-state index contributed by atoms with van der Waals surface area (Å²) in [5.74, 6) is 0.874. The van der Waals surface area contributed by atoms with Crippen LogP contribution in [0.25, 0.3) is 0 Å². The van der Waals surface area contributed by atoms with Crippen molar-refractivity contribution >= 4 is 0 Å². The number of H-pyrrole nitrogens is 1. The van der Waals surface area contributed by atoms with Crippen LogP contribution in [0.4, 0.5) is 0 Å². The average molecular weight is 215 g/mol. The Morgan fingerprint density at radius 2 is 1.94 bits per heavy atom. The number of rotatable bonds is 3. The van der Waals surface area contributed by atoms with Gasteiger partial charge in [0.1, 0.15) is 5.82 Å². The number of nitrogens with zero attached hydrogens (tertiary/aromatic N) is 1. The monoisotopic (exact) mass is 215 g/mol. The molecular weight excluding hydrogens is 198 g/mol. The summed E-state index contributed by atoms with van der Waals surface area (Å²) in [4.78, 5) is 7.65. The van der Waals surface area contributed by atoms with Crippen molar-refractivity contribution < 1.29 is 0 Å². The minimum absolute atomic E-state index is 0.0604. The van der Waals surface area contributed by atoms with Crippen molar-refractivity contribution in [2.24, 2.45) is 5.73 Å². The fourth-order valence-corrected chi connectivity index (χ4v) is 1.72. The molecule has 0 spiro atoms. The molecule has 2 aromatic rings. The van der Waals surface area contributed by atoms with Crippen LogP contribution in [0, 0.1) is 13.8 Å². The molecule has 2 rings (SSSR count). The van der Waals surface area contributed by atoms with Gasteiger partial charge in [0.05, 0.1) is 11.7 Å². The van der Waals surface area contributed by atoms with E-state index in [9.17, 15) is 0 Å². The minimum Gasteiger partial charge on any atom is -0.345 e. The predicted molar refractivity (Wildman–Crippen MR) is 65.1 cm³/mol. The van der Waals surface area contributed by atoms with Gasteiger partial charge in [-0.25, -0.2) is 4.98 Å². The van der Waals surface area contributed by atoms with Crippen LogP contribution in [0.15, 0.2) is 30.3 Å². The molecule has 0 aliphatic heterocycles. The zero-order valence-electron chi connectivity index (χ0n) is 9.70. The molecule has 0 unspecified atom stereocenters. The van der Waals surface area contributed by atoms with E-state index in [1.165, 1.54) is 5.56 Å². The van der Waals surface area contributed by atoms with Gasteiger partial charge in [0.25, 0.3) is 0 Å². The first kappa shape index (κ1) is 10.9. The van der Waals surface area contributed by atoms with Gasteiger partial charge in [-0.3, -0.25) is 0 Å². The molecule has 3 heteroatoms. The van der Waals surface area contributed by atoms with Crippen LogP contribution in [-0.4, -0.2) is 9.97 Å². The highest BCUT2D eigenvalue weighted by molar-refractivity contribution is 5.19. The van der Waals surface area contributed by atoms with Crippen LogP contribution >= 0.6 is 0 Å². The molecule has 1 aromatic heterocycles. The average Bonchev–Trinajstić information content (AvgIpc) is 2.61. The number of aromatic nitrogens is 2. The molecule has 0 saturated carbocycles. The van der Waals surface area contributed by atoms with Crippen molar-refractivity contribution in [3.63, 3.8) is 0 Å². The number of imidazole rings is 1. The molecule has 0 aliphatic carbocycles. The second kappa shape index (κ2) is 4.49. The minimum atomic E-state index is -0.0604. The maximum atomic E-state index is 6.12. The van der Waals surface area contributed by atoms with Gasteiger partial charge in [0.2, 0.25) is 0 Å². The molecule has 0 fully saturated rings. The van der Waals surface area contributed by atoms with Crippen LogP contribution in [0.5, 0.6) is 0 Å². The number of hydrogen-bond donors (Lipinski definition) is 2. The van der Waals surface area contributed by atoms with Crippen LogP contribution in [-0.2, 0) is 6.42 Å². The van der Waals surface area contributed by atoms with E-state index in [2.05, 4.69) is 22.1 Å². The van der Waals surface area contributed by atoms with E-state index in [-0.39, 0.29) is 6.04 Å². The normalized spacial score (nSPS) is 12.7. The summed E-state index contributed by atoms with van der Waals surface area (Å²) < 4.78 is 0. The Balaban J connectivity index is 2.11. The van der Waals surface area contributed by atoms with Crippen LogP contribution < -0.4 is 5.73 Å². The van der Waals surface area contributed by atoms with Gasteiger partial charge in [-0.15, -0.1) is 0 Å². The molecule has 0 saturated heterocycles. The number of aryl methyl sites for hydroxylation is 2. The lowest BCUT2D eigenvalue weighted by atomic mass is 10.1. The Morgan fingerprint density at radius 3 is 2.50 bits per heavy atom. The topological polar surface area (TPSA) is 54.7 Å². The highest BCUT2D eigenvalue weighted by Crippen LogP contribution is 2.14. The highest BCUT2D eigenvalue weighted by atomic mass is 15.0. The van der Waals surface area contributed by atoms with Crippen LogP contribution in [0.2, 0.25) is 0 Å². The summed E-state index contributed by atoms with van der Waals surface area (Å²) in [5, 5.41) is 0. The molecule has 0 bridgehead atoms. The third-order valence-electron chi connectivity index (χ3n) is 2.80. The van der Waals surface area contributed by atoms with Crippen molar-refractivity contribution in [3.8, 4) is 0 Å². The van der Waals surface area contributed by atoms with Crippen LogP contribution in [0.1, 0.15) is 28.8 Å². The van der Waals surface area contributed by atoms with E-state index in [0.29, 0.717) is 0 Å². The van der Waals surface area contributed by atoms with E-state index in [4.69, 9.17) is 5.73 Å². The van der Waals surface area contributed by atoms with E-state index < -0.39 is 0 Å². The van der Waals surface area contributed by atoms with Gasteiger partial charge in [-0.1, -0.05) is 30.3 Å². The highest BCUT2D eigenvalue weighted by Gasteiger charge is 2.11. The molecule has 1 aromatic carbocycles. The van der Waals surface area contributed by atoms with E-state index >= 15 is 0 Å². The molecule has 1 atom stereocenters. The Bertz CT molecular complexity index is 440. The van der Waals surface area contributed by atoms with Gasteiger partial charge in [-0.05, 0) is 25.8 Å². The first-order valence-corrected chi connectivity index (χ1v) is 5.49. The summed E-state index contributed by atoms with van der Waals surface area (Å²) in [6.45, 7) is 4.01. The Hall–Kier alpha value is -1.61. The SMILES string of the molecule is Cc1nc([C@@H](N)Cc2ccccc2)[nH]c1C. The van der Waals surface area contributed by atoms with Gasteiger partial charge < -0.3 is 10.7 Å². The zero-order valence-corrected chi connectivity index (χ0v) is 9.70. The molecule has 3 N–H and O–H groups in total. The summed E-state index contributed by atoms with van der Waals surface area (Å²) in [6.07, 6.45) is 0.813. The number of benzene rings is 1. The molecule has 0 amide bonds. The maximum absolute atomic E-state index is 6.12. The molecule has 0 radical (unpaired) electrons. The number of nitrogens with one attached hydrogen (secondary N) is 1. The Morgan fingerprint density at radius 1 is 1.25 bits per heavy atom. The summed E-state index contributed by atoms with van der Waals surface area (Å²) in [5.41, 5.74) is 9.48. The van der Waals surface area contributed by atoms with Gasteiger partial charge in [0.15, 0.2) is 0 Å². The molecule has 0 aliphatic rings. The quantitative estimate of drug-likeness (QED) is 0.825. The predicted octanol–water partition coefficient (Wildman–Crippen LogP) is 2.27. The third-order valence-corrected chi connectivity index (χ3v) is 2.80. The lowest BCUT2D eigenvalue weighted by Gasteiger charge is -2.08. The van der Waals surface area contributed by atoms with Gasteiger partial charge in [-0.2, -0.15) is 0 Å². The summed E-state index contributed by atoms with van der Waals surface area (Å²) >= 11 is 0. The van der Waals surface area contributed by atoms with Crippen LogP contribution in [0.3, 0.4) is 0 Å².